The Kier molecular flexibility index (Phi) is 6.30. The lowest BCUT2D eigenvalue weighted by atomic mass is 9.27. The van der Waals surface area contributed by atoms with Gasteiger partial charge >= 0.3 is 6.18 Å². The van der Waals surface area contributed by atoms with Gasteiger partial charge in [0.2, 0.25) is 0 Å². The van der Waals surface area contributed by atoms with Gasteiger partial charge in [-0.3, -0.25) is 0 Å². The molecule has 0 spiro atoms. The molecule has 0 aliphatic heterocycles. The van der Waals surface area contributed by atoms with Gasteiger partial charge in [0.15, 0.2) is 6.71 Å². The minimum atomic E-state index is -4.24. The van der Waals surface area contributed by atoms with Crippen molar-refractivity contribution in [2.75, 3.05) is 0 Å². The van der Waals surface area contributed by atoms with Gasteiger partial charge in [0.25, 0.3) is 0 Å². The van der Waals surface area contributed by atoms with Crippen molar-refractivity contribution in [3.63, 3.8) is 0 Å². The van der Waals surface area contributed by atoms with Crippen molar-refractivity contribution >= 4 is 12.8 Å². The standard InChI is InChI=1S/C21H28BF3/c23-21(24,25)20(16-17-10-4-1-5-11-17)22(18-12-6-2-7-13-18)19-14-8-3-9-15-19/h1,4-5,10-11,16,18-19H,2-3,6-9,12-15H2/b20-16+. The second-order valence-corrected chi connectivity index (χ2v) is 7.83. The molecule has 25 heavy (non-hydrogen) atoms. The molecule has 0 amide bonds. The molecular weight excluding hydrogens is 320 g/mol. The largest absolute Gasteiger partial charge is 0.404 e. The highest BCUT2D eigenvalue weighted by atomic mass is 19.4. The van der Waals surface area contributed by atoms with Gasteiger partial charge in [0.1, 0.15) is 0 Å². The first kappa shape index (κ1) is 18.6. The van der Waals surface area contributed by atoms with Crippen LogP contribution in [0.2, 0.25) is 11.6 Å². The van der Waals surface area contributed by atoms with Crippen molar-refractivity contribution in [3.05, 3.63) is 41.4 Å². The van der Waals surface area contributed by atoms with E-state index in [-0.39, 0.29) is 23.8 Å². The zero-order valence-corrected chi connectivity index (χ0v) is 14.9. The van der Waals surface area contributed by atoms with Gasteiger partial charge in [0, 0.05) is 5.47 Å². The Balaban J connectivity index is 1.97. The second kappa shape index (κ2) is 8.46. The number of benzene rings is 1. The molecule has 4 heteroatoms. The van der Waals surface area contributed by atoms with Gasteiger partial charge in [-0.15, -0.1) is 0 Å². The van der Waals surface area contributed by atoms with Crippen LogP contribution in [-0.4, -0.2) is 12.9 Å². The van der Waals surface area contributed by atoms with Crippen molar-refractivity contribution in [2.24, 2.45) is 0 Å². The molecule has 2 fully saturated rings. The first-order valence-electron chi connectivity index (χ1n) is 9.89. The Morgan fingerprint density at radius 3 is 1.72 bits per heavy atom. The Morgan fingerprint density at radius 1 is 0.800 bits per heavy atom. The van der Waals surface area contributed by atoms with E-state index in [0.717, 1.165) is 51.4 Å². The molecule has 2 saturated carbocycles. The van der Waals surface area contributed by atoms with E-state index in [1.165, 1.54) is 18.9 Å². The molecular formula is C21H28BF3. The molecule has 3 rings (SSSR count). The number of alkyl halides is 3. The number of halogens is 3. The average molecular weight is 348 g/mol. The van der Waals surface area contributed by atoms with Crippen LogP contribution in [0.25, 0.3) is 6.08 Å². The molecule has 0 bridgehead atoms. The van der Waals surface area contributed by atoms with E-state index in [2.05, 4.69) is 0 Å². The third-order valence-corrected chi connectivity index (χ3v) is 6.12. The summed E-state index contributed by atoms with van der Waals surface area (Å²) in [6.07, 6.45) is 7.75. The predicted molar refractivity (Wildman–Crippen MR) is 99.9 cm³/mol. The van der Waals surface area contributed by atoms with Crippen LogP contribution in [0.1, 0.15) is 69.8 Å². The summed E-state index contributed by atoms with van der Waals surface area (Å²) < 4.78 is 42.3. The van der Waals surface area contributed by atoms with Crippen LogP contribution < -0.4 is 0 Å². The molecule has 0 nitrogen and oxygen atoms in total. The fraction of sp³-hybridized carbons (Fsp3) is 0.619. The molecule has 0 saturated heterocycles. The summed E-state index contributed by atoms with van der Waals surface area (Å²) in [4.78, 5) is 0. The lowest BCUT2D eigenvalue weighted by Crippen LogP contribution is -2.38. The summed E-state index contributed by atoms with van der Waals surface area (Å²) in [5.74, 6) is 0.405. The Labute approximate surface area is 150 Å². The maximum Gasteiger partial charge on any atom is 0.404 e. The van der Waals surface area contributed by atoms with Crippen LogP contribution >= 0.6 is 0 Å². The summed E-state index contributed by atoms with van der Waals surface area (Å²) >= 11 is 0. The van der Waals surface area contributed by atoms with Gasteiger partial charge < -0.3 is 0 Å². The fourth-order valence-electron chi connectivity index (χ4n) is 4.98. The van der Waals surface area contributed by atoms with Gasteiger partial charge in [-0.2, -0.15) is 13.2 Å². The molecule has 0 N–H and O–H groups in total. The van der Waals surface area contributed by atoms with Crippen LogP contribution in [0.4, 0.5) is 13.2 Å². The zero-order chi connectivity index (χ0) is 17.7. The molecule has 0 radical (unpaired) electrons. The van der Waals surface area contributed by atoms with Crippen molar-refractivity contribution in [2.45, 2.75) is 82.0 Å². The highest BCUT2D eigenvalue weighted by molar-refractivity contribution is 6.71. The van der Waals surface area contributed by atoms with Crippen LogP contribution in [0.15, 0.2) is 35.8 Å². The lowest BCUT2D eigenvalue weighted by molar-refractivity contribution is -0.0849. The van der Waals surface area contributed by atoms with Crippen LogP contribution in [0.5, 0.6) is 0 Å². The number of rotatable bonds is 4. The van der Waals surface area contributed by atoms with Crippen molar-refractivity contribution in [1.82, 2.24) is 0 Å². The molecule has 0 atom stereocenters. The maximum absolute atomic E-state index is 14.1. The molecule has 136 valence electrons. The summed E-state index contributed by atoms with van der Waals surface area (Å²) in [7, 11) is 0. The first-order valence-corrected chi connectivity index (χ1v) is 9.89. The molecule has 1 aromatic rings. The monoisotopic (exact) mass is 348 g/mol. The smallest absolute Gasteiger partial charge is 0.167 e. The minimum absolute atomic E-state index is 0.202. The van der Waals surface area contributed by atoms with E-state index in [9.17, 15) is 13.2 Å². The van der Waals surface area contributed by atoms with Crippen LogP contribution in [0, 0.1) is 0 Å². The quantitative estimate of drug-likeness (QED) is 0.500. The summed E-state index contributed by atoms with van der Waals surface area (Å²) in [5.41, 5.74) is 0.406. The predicted octanol–water partition coefficient (Wildman–Crippen LogP) is 7.33. The molecule has 0 aromatic heterocycles. The topological polar surface area (TPSA) is 0 Å². The van der Waals surface area contributed by atoms with Crippen molar-refractivity contribution < 1.29 is 13.2 Å². The highest BCUT2D eigenvalue weighted by Crippen LogP contribution is 2.47. The van der Waals surface area contributed by atoms with Gasteiger partial charge in [-0.25, -0.2) is 0 Å². The molecule has 2 aliphatic rings. The van der Waals surface area contributed by atoms with Crippen LogP contribution in [-0.2, 0) is 0 Å². The molecule has 1 aromatic carbocycles. The van der Waals surface area contributed by atoms with Crippen LogP contribution in [0.3, 0.4) is 0 Å². The second-order valence-electron chi connectivity index (χ2n) is 7.83. The van der Waals surface area contributed by atoms with Gasteiger partial charge in [-0.1, -0.05) is 112 Å². The van der Waals surface area contributed by atoms with E-state index < -0.39 is 6.18 Å². The summed E-state index contributed by atoms with van der Waals surface area (Å²) in [5, 5.41) is 0. The van der Waals surface area contributed by atoms with Gasteiger partial charge in [0.05, 0.1) is 0 Å². The van der Waals surface area contributed by atoms with Crippen molar-refractivity contribution in [1.29, 1.82) is 0 Å². The van der Waals surface area contributed by atoms with E-state index in [0.29, 0.717) is 5.56 Å². The third-order valence-electron chi connectivity index (χ3n) is 6.12. The first-order chi connectivity index (χ1) is 12.1. The fourth-order valence-corrected chi connectivity index (χ4v) is 4.98. The normalized spacial score (nSPS) is 21.3. The number of hydrogen-bond donors (Lipinski definition) is 0. The Bertz CT molecular complexity index is 534. The van der Waals surface area contributed by atoms with E-state index in [1.54, 1.807) is 12.1 Å². The number of hydrogen-bond acceptors (Lipinski definition) is 0. The maximum atomic E-state index is 14.1. The summed E-state index contributed by atoms with van der Waals surface area (Å²) in [6.45, 7) is -0.319. The SMILES string of the molecule is FC(F)(F)/C(=C\c1ccccc1)B(C1CCCCC1)C1CCCCC1. The van der Waals surface area contributed by atoms with E-state index in [1.807, 2.05) is 18.2 Å². The minimum Gasteiger partial charge on any atom is -0.167 e. The van der Waals surface area contributed by atoms with Crippen molar-refractivity contribution in [3.8, 4) is 0 Å². The van der Waals surface area contributed by atoms with E-state index >= 15 is 0 Å². The zero-order valence-electron chi connectivity index (χ0n) is 14.9. The van der Waals surface area contributed by atoms with Gasteiger partial charge in [-0.05, 0) is 5.56 Å². The summed E-state index contributed by atoms with van der Waals surface area (Å²) in [6, 6.07) is 9.05. The third kappa shape index (κ3) is 4.92. The molecule has 2 aliphatic carbocycles. The lowest BCUT2D eigenvalue weighted by Gasteiger charge is -2.37. The average Bonchev–Trinajstić information content (AvgIpc) is 2.63. The number of allylic oxidation sites excluding steroid dienone is 1. The van der Waals surface area contributed by atoms with E-state index in [4.69, 9.17) is 0 Å². The molecule has 0 heterocycles. The molecule has 0 unspecified atom stereocenters. The Hall–Kier alpha value is -1.19. The highest BCUT2D eigenvalue weighted by Gasteiger charge is 2.47. The Morgan fingerprint density at radius 2 is 1.28 bits per heavy atom.